The maximum atomic E-state index is 5.71. The lowest BCUT2D eigenvalue weighted by Gasteiger charge is -2.06. The molecule has 0 bridgehead atoms. The van der Waals surface area contributed by atoms with Crippen molar-refractivity contribution in [3.05, 3.63) is 54.6 Å². The SMILES string of the molecule is CCCNc1ccc(Nc2cc(-c3ccc(N)cc3)[nH]n2)cc1. The Kier molecular flexibility index (Phi) is 4.47. The number of aromatic nitrogens is 2. The predicted molar refractivity (Wildman–Crippen MR) is 96.9 cm³/mol. The van der Waals surface area contributed by atoms with Crippen molar-refractivity contribution in [3.8, 4) is 11.3 Å². The van der Waals surface area contributed by atoms with E-state index < -0.39 is 0 Å². The monoisotopic (exact) mass is 307 g/mol. The Balaban J connectivity index is 1.68. The number of nitrogens with two attached hydrogens (primary N) is 1. The second-order valence-electron chi connectivity index (χ2n) is 5.42. The molecule has 0 aliphatic rings. The molecule has 2 aromatic carbocycles. The highest BCUT2D eigenvalue weighted by Crippen LogP contribution is 2.23. The van der Waals surface area contributed by atoms with E-state index in [2.05, 4.69) is 39.9 Å². The van der Waals surface area contributed by atoms with E-state index in [9.17, 15) is 0 Å². The molecule has 118 valence electrons. The van der Waals surface area contributed by atoms with Crippen LogP contribution in [0.5, 0.6) is 0 Å². The first-order valence-corrected chi connectivity index (χ1v) is 7.77. The summed E-state index contributed by atoms with van der Waals surface area (Å²) >= 11 is 0. The topological polar surface area (TPSA) is 78.8 Å². The van der Waals surface area contributed by atoms with Gasteiger partial charge in [0.2, 0.25) is 0 Å². The van der Waals surface area contributed by atoms with Crippen LogP contribution >= 0.6 is 0 Å². The van der Waals surface area contributed by atoms with Crippen LogP contribution in [0, 0.1) is 0 Å². The quantitative estimate of drug-likeness (QED) is 0.514. The number of hydrogen-bond acceptors (Lipinski definition) is 4. The summed E-state index contributed by atoms with van der Waals surface area (Å²) in [6.45, 7) is 3.14. The summed E-state index contributed by atoms with van der Waals surface area (Å²) in [6, 6.07) is 17.9. The van der Waals surface area contributed by atoms with Crippen molar-refractivity contribution < 1.29 is 0 Å². The Morgan fingerprint density at radius 2 is 1.70 bits per heavy atom. The molecule has 0 aliphatic heterocycles. The largest absolute Gasteiger partial charge is 0.399 e. The third kappa shape index (κ3) is 3.83. The highest BCUT2D eigenvalue weighted by atomic mass is 15.2. The van der Waals surface area contributed by atoms with Gasteiger partial charge in [-0.3, -0.25) is 5.10 Å². The number of nitrogens with one attached hydrogen (secondary N) is 3. The minimum Gasteiger partial charge on any atom is -0.399 e. The number of H-pyrrole nitrogens is 1. The van der Waals surface area contributed by atoms with Gasteiger partial charge in [-0.05, 0) is 48.4 Å². The lowest BCUT2D eigenvalue weighted by Crippen LogP contribution is -1.99. The van der Waals surface area contributed by atoms with Gasteiger partial charge >= 0.3 is 0 Å². The van der Waals surface area contributed by atoms with Crippen LogP contribution in [0.25, 0.3) is 11.3 Å². The Morgan fingerprint density at radius 1 is 1.00 bits per heavy atom. The van der Waals surface area contributed by atoms with Crippen molar-refractivity contribution in [2.24, 2.45) is 0 Å². The van der Waals surface area contributed by atoms with Gasteiger partial charge in [0.15, 0.2) is 5.82 Å². The molecular formula is C18H21N5. The van der Waals surface area contributed by atoms with Gasteiger partial charge in [0, 0.05) is 29.7 Å². The van der Waals surface area contributed by atoms with E-state index >= 15 is 0 Å². The van der Waals surface area contributed by atoms with Gasteiger partial charge in [0.25, 0.3) is 0 Å². The molecule has 0 radical (unpaired) electrons. The first-order chi connectivity index (χ1) is 11.2. The number of nitrogen functional groups attached to an aromatic ring is 1. The van der Waals surface area contributed by atoms with Crippen molar-refractivity contribution in [1.29, 1.82) is 0 Å². The second-order valence-corrected chi connectivity index (χ2v) is 5.42. The van der Waals surface area contributed by atoms with Crippen molar-refractivity contribution >= 4 is 22.9 Å². The molecule has 0 atom stereocenters. The van der Waals surface area contributed by atoms with Crippen LogP contribution in [-0.2, 0) is 0 Å². The fraction of sp³-hybridized carbons (Fsp3) is 0.167. The number of benzene rings is 2. The first-order valence-electron chi connectivity index (χ1n) is 7.77. The second kappa shape index (κ2) is 6.87. The van der Waals surface area contributed by atoms with E-state index in [4.69, 9.17) is 5.73 Å². The predicted octanol–water partition coefficient (Wildman–Crippen LogP) is 4.22. The average Bonchev–Trinajstić information content (AvgIpc) is 3.03. The van der Waals surface area contributed by atoms with Crippen molar-refractivity contribution in [3.63, 3.8) is 0 Å². The molecule has 0 spiro atoms. The van der Waals surface area contributed by atoms with E-state index in [1.807, 2.05) is 42.5 Å². The Morgan fingerprint density at radius 3 is 2.39 bits per heavy atom. The molecule has 5 N–H and O–H groups in total. The highest BCUT2D eigenvalue weighted by molar-refractivity contribution is 5.67. The van der Waals surface area contributed by atoms with E-state index in [1.54, 1.807) is 0 Å². The minimum absolute atomic E-state index is 0.753. The van der Waals surface area contributed by atoms with Crippen LogP contribution < -0.4 is 16.4 Å². The van der Waals surface area contributed by atoms with Crippen LogP contribution in [0.2, 0.25) is 0 Å². The Labute approximate surface area is 135 Å². The van der Waals surface area contributed by atoms with Gasteiger partial charge in [-0.15, -0.1) is 0 Å². The summed E-state index contributed by atoms with van der Waals surface area (Å²) in [5.74, 6) is 0.783. The van der Waals surface area contributed by atoms with Crippen LogP contribution in [0.15, 0.2) is 54.6 Å². The Hall–Kier alpha value is -2.95. The molecule has 5 heteroatoms. The number of rotatable bonds is 6. The fourth-order valence-electron chi connectivity index (χ4n) is 2.28. The van der Waals surface area contributed by atoms with E-state index in [0.717, 1.165) is 47.1 Å². The molecule has 1 aromatic heterocycles. The van der Waals surface area contributed by atoms with Crippen LogP contribution in [-0.4, -0.2) is 16.7 Å². The molecule has 3 aromatic rings. The number of nitrogens with zero attached hydrogens (tertiary/aromatic N) is 1. The van der Waals surface area contributed by atoms with Crippen LogP contribution in [0.4, 0.5) is 22.9 Å². The minimum atomic E-state index is 0.753. The molecule has 23 heavy (non-hydrogen) atoms. The normalized spacial score (nSPS) is 10.5. The van der Waals surface area contributed by atoms with Gasteiger partial charge in [-0.25, -0.2) is 0 Å². The van der Waals surface area contributed by atoms with Crippen molar-refractivity contribution in [2.75, 3.05) is 22.9 Å². The molecule has 0 aliphatic carbocycles. The third-order valence-electron chi connectivity index (χ3n) is 3.54. The lowest BCUT2D eigenvalue weighted by atomic mass is 10.1. The summed E-state index contributed by atoms with van der Waals surface area (Å²) in [4.78, 5) is 0. The summed E-state index contributed by atoms with van der Waals surface area (Å²) < 4.78 is 0. The van der Waals surface area contributed by atoms with E-state index in [1.165, 1.54) is 0 Å². The van der Waals surface area contributed by atoms with E-state index in [-0.39, 0.29) is 0 Å². The molecule has 1 heterocycles. The van der Waals surface area contributed by atoms with Gasteiger partial charge in [0.1, 0.15) is 0 Å². The molecule has 5 nitrogen and oxygen atoms in total. The summed E-state index contributed by atoms with van der Waals surface area (Å²) in [7, 11) is 0. The number of anilines is 4. The molecule has 3 rings (SSSR count). The maximum absolute atomic E-state index is 5.71. The zero-order chi connectivity index (χ0) is 16.1. The van der Waals surface area contributed by atoms with Crippen molar-refractivity contribution in [2.45, 2.75) is 13.3 Å². The molecule has 0 saturated heterocycles. The summed E-state index contributed by atoms with van der Waals surface area (Å²) in [5.41, 5.74) is 10.6. The average molecular weight is 307 g/mol. The van der Waals surface area contributed by atoms with Gasteiger partial charge in [-0.2, -0.15) is 5.10 Å². The van der Waals surface area contributed by atoms with Gasteiger partial charge in [0.05, 0.1) is 5.69 Å². The third-order valence-corrected chi connectivity index (χ3v) is 3.54. The van der Waals surface area contributed by atoms with Crippen LogP contribution in [0.1, 0.15) is 13.3 Å². The molecule has 0 amide bonds. The van der Waals surface area contributed by atoms with Gasteiger partial charge in [-0.1, -0.05) is 19.1 Å². The smallest absolute Gasteiger partial charge is 0.152 e. The van der Waals surface area contributed by atoms with Gasteiger partial charge < -0.3 is 16.4 Å². The Bertz CT molecular complexity index is 744. The fourth-order valence-corrected chi connectivity index (χ4v) is 2.28. The van der Waals surface area contributed by atoms with Crippen molar-refractivity contribution in [1.82, 2.24) is 10.2 Å². The molecule has 0 unspecified atom stereocenters. The zero-order valence-electron chi connectivity index (χ0n) is 13.1. The lowest BCUT2D eigenvalue weighted by molar-refractivity contribution is 0.980. The molecule has 0 saturated carbocycles. The number of aromatic amines is 1. The summed E-state index contributed by atoms with van der Waals surface area (Å²) in [5, 5.41) is 14.0. The molecular weight excluding hydrogens is 286 g/mol. The zero-order valence-corrected chi connectivity index (χ0v) is 13.1. The highest BCUT2D eigenvalue weighted by Gasteiger charge is 2.04. The molecule has 0 fully saturated rings. The first kappa shape index (κ1) is 15.0. The maximum Gasteiger partial charge on any atom is 0.152 e. The van der Waals surface area contributed by atoms with E-state index in [0.29, 0.717) is 0 Å². The standard InChI is InChI=1S/C18H21N5/c1-2-11-20-15-7-9-16(10-8-15)21-18-12-17(22-23-18)13-3-5-14(19)6-4-13/h3-10,12,20H,2,11,19H2,1H3,(H2,21,22,23). The number of hydrogen-bond donors (Lipinski definition) is 4. The van der Waals surface area contributed by atoms with Crippen LogP contribution in [0.3, 0.4) is 0 Å². The summed E-state index contributed by atoms with van der Waals surface area (Å²) in [6.07, 6.45) is 1.11.